The number of carbonyl (C=O) groups is 1. The van der Waals surface area contributed by atoms with Crippen LogP contribution >= 0.6 is 0 Å². The molecule has 108 valence electrons. The lowest BCUT2D eigenvalue weighted by atomic mass is 10.3. The first kappa shape index (κ1) is 13.4. The van der Waals surface area contributed by atoms with E-state index < -0.39 is 0 Å². The van der Waals surface area contributed by atoms with Gasteiger partial charge in [-0.15, -0.1) is 0 Å². The number of para-hydroxylation sites is 1. The molecule has 3 rings (SSSR count). The van der Waals surface area contributed by atoms with Crippen LogP contribution in [-0.2, 0) is 0 Å². The van der Waals surface area contributed by atoms with E-state index >= 15 is 0 Å². The third kappa shape index (κ3) is 3.51. The van der Waals surface area contributed by atoms with Gasteiger partial charge in [-0.2, -0.15) is 0 Å². The van der Waals surface area contributed by atoms with Crippen molar-refractivity contribution in [1.29, 1.82) is 0 Å². The highest BCUT2D eigenvalue weighted by Gasteiger charge is 2.27. The largest absolute Gasteiger partial charge is 0.489 e. The number of urea groups is 1. The molecule has 1 aliphatic heterocycles. The van der Waals surface area contributed by atoms with Gasteiger partial charge in [-0.1, -0.05) is 18.2 Å². The molecule has 0 aliphatic carbocycles. The van der Waals surface area contributed by atoms with Crippen LogP contribution in [0.3, 0.4) is 0 Å². The maximum Gasteiger partial charge on any atom is 0.322 e. The maximum atomic E-state index is 12.1. The minimum Gasteiger partial charge on any atom is -0.489 e. The number of aromatic nitrogens is 1. The number of nitrogens with zero attached hydrogens (tertiary/aromatic N) is 2. The standard InChI is InChI=1S/C16H17N3O2/c20-16(18-13-5-4-9-17-11-13)19-10-8-15(12-19)21-14-6-2-1-3-7-14/h1-7,9,11,15H,8,10,12H2,(H,18,20). The van der Waals surface area contributed by atoms with E-state index in [0.717, 1.165) is 12.2 Å². The van der Waals surface area contributed by atoms with Crippen LogP contribution in [0.25, 0.3) is 0 Å². The molecule has 5 heteroatoms. The van der Waals surface area contributed by atoms with Gasteiger partial charge in [-0.05, 0) is 24.3 Å². The summed E-state index contributed by atoms with van der Waals surface area (Å²) in [5.41, 5.74) is 0.704. The average Bonchev–Trinajstić information content (AvgIpc) is 2.98. The van der Waals surface area contributed by atoms with E-state index in [4.69, 9.17) is 4.74 Å². The number of anilines is 1. The second-order valence-electron chi connectivity index (χ2n) is 4.96. The van der Waals surface area contributed by atoms with Crippen LogP contribution in [0.5, 0.6) is 5.75 Å². The van der Waals surface area contributed by atoms with Gasteiger partial charge in [-0.3, -0.25) is 4.98 Å². The van der Waals surface area contributed by atoms with Crippen molar-refractivity contribution >= 4 is 11.7 Å². The van der Waals surface area contributed by atoms with E-state index in [0.29, 0.717) is 18.8 Å². The summed E-state index contributed by atoms with van der Waals surface area (Å²) in [5.74, 6) is 0.844. The predicted octanol–water partition coefficient (Wildman–Crippen LogP) is 2.77. The first-order valence-corrected chi connectivity index (χ1v) is 6.99. The number of amides is 2. The van der Waals surface area contributed by atoms with Crippen molar-refractivity contribution in [2.45, 2.75) is 12.5 Å². The molecule has 0 radical (unpaired) electrons. The summed E-state index contributed by atoms with van der Waals surface area (Å²) in [4.78, 5) is 17.9. The number of benzene rings is 1. The highest BCUT2D eigenvalue weighted by atomic mass is 16.5. The van der Waals surface area contributed by atoms with Gasteiger partial charge >= 0.3 is 6.03 Å². The van der Waals surface area contributed by atoms with Crippen molar-refractivity contribution in [2.75, 3.05) is 18.4 Å². The van der Waals surface area contributed by atoms with E-state index in [1.807, 2.05) is 36.4 Å². The highest BCUT2D eigenvalue weighted by Crippen LogP contribution is 2.18. The van der Waals surface area contributed by atoms with Gasteiger partial charge in [0.1, 0.15) is 11.9 Å². The minimum atomic E-state index is -0.109. The summed E-state index contributed by atoms with van der Waals surface area (Å²) in [6.45, 7) is 1.30. The third-order valence-electron chi connectivity index (χ3n) is 3.39. The Kier molecular flexibility index (Phi) is 4.00. The number of likely N-dealkylation sites (tertiary alicyclic amines) is 1. The Morgan fingerprint density at radius 2 is 2.10 bits per heavy atom. The van der Waals surface area contributed by atoms with Crippen molar-refractivity contribution in [3.63, 3.8) is 0 Å². The number of nitrogens with one attached hydrogen (secondary N) is 1. The second kappa shape index (κ2) is 6.26. The Bertz CT molecular complexity index is 589. The number of pyridine rings is 1. The molecule has 1 aromatic carbocycles. The van der Waals surface area contributed by atoms with Crippen molar-refractivity contribution < 1.29 is 9.53 Å². The lowest BCUT2D eigenvalue weighted by Gasteiger charge is -2.17. The third-order valence-corrected chi connectivity index (χ3v) is 3.39. The van der Waals surface area contributed by atoms with E-state index in [9.17, 15) is 4.79 Å². The van der Waals surface area contributed by atoms with Crippen LogP contribution in [0.2, 0.25) is 0 Å². The van der Waals surface area contributed by atoms with Gasteiger partial charge in [0.2, 0.25) is 0 Å². The second-order valence-corrected chi connectivity index (χ2v) is 4.96. The molecule has 0 saturated carbocycles. The molecule has 1 N–H and O–H groups in total. The molecule has 0 bridgehead atoms. The Morgan fingerprint density at radius 1 is 1.24 bits per heavy atom. The molecule has 1 saturated heterocycles. The first-order valence-electron chi connectivity index (χ1n) is 6.99. The summed E-state index contributed by atoms with van der Waals surface area (Å²) >= 11 is 0. The Balaban J connectivity index is 1.53. The van der Waals surface area contributed by atoms with Gasteiger partial charge in [0.05, 0.1) is 18.4 Å². The lowest BCUT2D eigenvalue weighted by Crippen LogP contribution is -2.34. The Hall–Kier alpha value is -2.56. The molecule has 1 atom stereocenters. The predicted molar refractivity (Wildman–Crippen MR) is 80.3 cm³/mol. The minimum absolute atomic E-state index is 0.0482. The maximum absolute atomic E-state index is 12.1. The first-order chi connectivity index (χ1) is 10.3. The fraction of sp³-hybridized carbons (Fsp3) is 0.250. The van der Waals surface area contributed by atoms with Crippen LogP contribution in [0, 0.1) is 0 Å². The molecule has 1 aromatic heterocycles. The topological polar surface area (TPSA) is 54.5 Å². The average molecular weight is 283 g/mol. The van der Waals surface area contributed by atoms with Crippen molar-refractivity contribution in [3.8, 4) is 5.75 Å². The molecule has 1 unspecified atom stereocenters. The summed E-state index contributed by atoms with van der Waals surface area (Å²) in [7, 11) is 0. The molecule has 2 aromatic rings. The van der Waals surface area contributed by atoms with Crippen LogP contribution in [0.15, 0.2) is 54.9 Å². The number of rotatable bonds is 3. The monoisotopic (exact) mass is 283 g/mol. The van der Waals surface area contributed by atoms with Crippen LogP contribution < -0.4 is 10.1 Å². The molecular weight excluding hydrogens is 266 g/mol. The zero-order valence-electron chi connectivity index (χ0n) is 11.6. The lowest BCUT2D eigenvalue weighted by molar-refractivity contribution is 0.195. The van der Waals surface area contributed by atoms with E-state index in [2.05, 4.69) is 10.3 Å². The number of hydrogen-bond donors (Lipinski definition) is 1. The van der Waals surface area contributed by atoms with Gasteiger partial charge < -0.3 is 15.0 Å². The molecule has 1 aliphatic rings. The van der Waals surface area contributed by atoms with Crippen molar-refractivity contribution in [1.82, 2.24) is 9.88 Å². The van der Waals surface area contributed by atoms with Crippen LogP contribution in [-0.4, -0.2) is 35.1 Å². The van der Waals surface area contributed by atoms with E-state index in [1.54, 1.807) is 23.4 Å². The molecule has 2 heterocycles. The number of carbonyl (C=O) groups excluding carboxylic acids is 1. The quantitative estimate of drug-likeness (QED) is 0.942. The summed E-state index contributed by atoms with van der Waals surface area (Å²) in [5, 5.41) is 2.84. The van der Waals surface area contributed by atoms with Gasteiger partial charge in [0, 0.05) is 19.2 Å². The number of hydrogen-bond acceptors (Lipinski definition) is 3. The molecular formula is C16H17N3O2. The van der Waals surface area contributed by atoms with Crippen molar-refractivity contribution in [2.24, 2.45) is 0 Å². The summed E-state index contributed by atoms with van der Waals surface area (Å²) in [6.07, 6.45) is 4.20. The van der Waals surface area contributed by atoms with Crippen LogP contribution in [0.4, 0.5) is 10.5 Å². The summed E-state index contributed by atoms with van der Waals surface area (Å²) < 4.78 is 5.87. The highest BCUT2D eigenvalue weighted by molar-refractivity contribution is 5.89. The molecule has 2 amide bonds. The van der Waals surface area contributed by atoms with Gasteiger partial charge in [-0.25, -0.2) is 4.79 Å². The SMILES string of the molecule is O=C(Nc1cccnc1)N1CCC(Oc2ccccc2)C1. The molecule has 21 heavy (non-hydrogen) atoms. The fourth-order valence-corrected chi connectivity index (χ4v) is 2.34. The Morgan fingerprint density at radius 3 is 2.86 bits per heavy atom. The smallest absolute Gasteiger partial charge is 0.322 e. The molecule has 0 spiro atoms. The number of ether oxygens (including phenoxy) is 1. The summed E-state index contributed by atoms with van der Waals surface area (Å²) in [6, 6.07) is 13.2. The molecule has 1 fully saturated rings. The van der Waals surface area contributed by atoms with E-state index in [-0.39, 0.29) is 12.1 Å². The van der Waals surface area contributed by atoms with Gasteiger partial charge in [0.15, 0.2) is 0 Å². The van der Waals surface area contributed by atoms with Crippen molar-refractivity contribution in [3.05, 3.63) is 54.9 Å². The van der Waals surface area contributed by atoms with E-state index in [1.165, 1.54) is 0 Å². The Labute approximate surface area is 123 Å². The van der Waals surface area contributed by atoms with Gasteiger partial charge in [0.25, 0.3) is 0 Å². The molecule has 5 nitrogen and oxygen atoms in total. The zero-order valence-corrected chi connectivity index (χ0v) is 11.6. The fourth-order valence-electron chi connectivity index (χ4n) is 2.34. The van der Waals surface area contributed by atoms with Crippen LogP contribution in [0.1, 0.15) is 6.42 Å². The zero-order chi connectivity index (χ0) is 14.5. The normalized spacial score (nSPS) is 17.5.